The Kier molecular flexibility index (Phi) is 4.98. The molecule has 0 spiro atoms. The van der Waals surface area contributed by atoms with Gasteiger partial charge in [-0.2, -0.15) is 0 Å². The third kappa shape index (κ3) is 3.49. The zero-order valence-electron chi connectivity index (χ0n) is 14.9. The largest absolute Gasteiger partial charge is 0.341 e. The van der Waals surface area contributed by atoms with E-state index in [1.807, 2.05) is 35.2 Å². The van der Waals surface area contributed by atoms with Crippen LogP contribution in [0, 0.1) is 0 Å². The number of fused-ring (bicyclic) bond motifs is 1. The molecule has 5 heteroatoms. The molecular weight excluding hydrogens is 342 g/mol. The number of hydrogen-bond donors (Lipinski definition) is 1. The summed E-state index contributed by atoms with van der Waals surface area (Å²) in [5, 5.41) is 0.157. The quantitative estimate of drug-likeness (QED) is 0.712. The first-order valence-corrected chi connectivity index (χ1v) is 10.2. The van der Waals surface area contributed by atoms with E-state index in [2.05, 4.69) is 41.2 Å². The summed E-state index contributed by atoms with van der Waals surface area (Å²) in [5.74, 6) is 1.65. The normalized spacial score (nSPS) is 18.3. The number of carbonyl (C=O) groups is 1. The maximum atomic E-state index is 12.8. The van der Waals surface area contributed by atoms with Crippen LogP contribution in [0.2, 0.25) is 0 Å². The van der Waals surface area contributed by atoms with Crippen molar-refractivity contribution in [3.63, 3.8) is 0 Å². The molecule has 4 rings (SSSR count). The summed E-state index contributed by atoms with van der Waals surface area (Å²) >= 11 is 1.65. The van der Waals surface area contributed by atoms with Crippen LogP contribution in [0.5, 0.6) is 0 Å². The molecule has 26 heavy (non-hydrogen) atoms. The highest BCUT2D eigenvalue weighted by Crippen LogP contribution is 2.34. The Hall–Kier alpha value is -2.27. The van der Waals surface area contributed by atoms with Gasteiger partial charge in [-0.1, -0.05) is 42.5 Å². The zero-order chi connectivity index (χ0) is 17.9. The lowest BCUT2D eigenvalue weighted by Crippen LogP contribution is -2.32. The summed E-state index contributed by atoms with van der Waals surface area (Å²) in [6.07, 6.45) is 2.13. The second-order valence-corrected chi connectivity index (χ2v) is 8.08. The lowest BCUT2D eigenvalue weighted by Gasteiger charge is -2.25. The van der Waals surface area contributed by atoms with Crippen molar-refractivity contribution in [3.05, 3.63) is 66.0 Å². The third-order valence-corrected chi connectivity index (χ3v) is 6.14. The maximum absolute atomic E-state index is 12.8. The first-order chi connectivity index (χ1) is 12.7. The van der Waals surface area contributed by atoms with Crippen LogP contribution in [0.25, 0.3) is 11.0 Å². The van der Waals surface area contributed by atoms with E-state index in [9.17, 15) is 4.79 Å². The number of hydrogen-bond acceptors (Lipinski definition) is 3. The van der Waals surface area contributed by atoms with E-state index in [0.717, 1.165) is 36.2 Å². The monoisotopic (exact) mass is 365 g/mol. The molecule has 134 valence electrons. The molecule has 1 N–H and O–H groups in total. The standard InChI is InChI=1S/C21H23N3OS/c1-15(21-22-17-10-5-6-11-18(17)23-21)26-14-20(25)24-13-7-12-19(24)16-8-3-2-4-9-16/h2-6,8-11,15,19H,7,12-14H2,1H3,(H,22,23). The van der Waals surface area contributed by atoms with Crippen LogP contribution < -0.4 is 0 Å². The molecule has 2 aromatic carbocycles. The summed E-state index contributed by atoms with van der Waals surface area (Å²) in [5.41, 5.74) is 3.27. The maximum Gasteiger partial charge on any atom is 0.233 e. The Labute approximate surface area is 158 Å². The minimum atomic E-state index is 0.157. The molecule has 2 heterocycles. The van der Waals surface area contributed by atoms with Gasteiger partial charge in [0.2, 0.25) is 5.91 Å². The number of nitrogens with zero attached hydrogens (tertiary/aromatic N) is 2. The Balaban J connectivity index is 1.40. The van der Waals surface area contributed by atoms with Crippen molar-refractivity contribution in [2.45, 2.75) is 31.1 Å². The Morgan fingerprint density at radius 1 is 1.23 bits per heavy atom. The highest BCUT2D eigenvalue weighted by molar-refractivity contribution is 8.00. The van der Waals surface area contributed by atoms with Crippen LogP contribution in [-0.4, -0.2) is 33.1 Å². The van der Waals surface area contributed by atoms with E-state index in [-0.39, 0.29) is 17.2 Å². The molecule has 1 fully saturated rings. The van der Waals surface area contributed by atoms with Crippen molar-refractivity contribution < 1.29 is 4.79 Å². The molecule has 1 aliphatic rings. The number of aromatic nitrogens is 2. The fraction of sp³-hybridized carbons (Fsp3) is 0.333. The van der Waals surface area contributed by atoms with Crippen molar-refractivity contribution >= 4 is 28.7 Å². The molecule has 0 radical (unpaired) electrons. The number of nitrogens with one attached hydrogen (secondary N) is 1. The molecule has 0 aliphatic carbocycles. The van der Waals surface area contributed by atoms with Crippen molar-refractivity contribution in [1.29, 1.82) is 0 Å². The van der Waals surface area contributed by atoms with Gasteiger partial charge in [-0.05, 0) is 37.5 Å². The lowest BCUT2D eigenvalue weighted by molar-refractivity contribution is -0.129. The second kappa shape index (κ2) is 7.54. The van der Waals surface area contributed by atoms with E-state index in [1.165, 1.54) is 5.56 Å². The molecule has 1 aromatic heterocycles. The molecule has 4 nitrogen and oxygen atoms in total. The number of benzene rings is 2. The van der Waals surface area contributed by atoms with Crippen LogP contribution in [0.1, 0.15) is 42.4 Å². The van der Waals surface area contributed by atoms with E-state index >= 15 is 0 Å². The number of H-pyrrole nitrogens is 1. The van der Waals surface area contributed by atoms with Crippen LogP contribution in [-0.2, 0) is 4.79 Å². The lowest BCUT2D eigenvalue weighted by atomic mass is 10.0. The van der Waals surface area contributed by atoms with Gasteiger partial charge in [0.1, 0.15) is 5.82 Å². The first kappa shape index (κ1) is 17.2. The Morgan fingerprint density at radius 3 is 2.81 bits per heavy atom. The molecule has 0 bridgehead atoms. The molecule has 2 atom stereocenters. The van der Waals surface area contributed by atoms with Gasteiger partial charge >= 0.3 is 0 Å². The predicted octanol–water partition coefficient (Wildman–Crippen LogP) is 4.72. The summed E-state index contributed by atoms with van der Waals surface area (Å²) < 4.78 is 0. The van der Waals surface area contributed by atoms with Gasteiger partial charge in [0.05, 0.1) is 28.1 Å². The number of carbonyl (C=O) groups excluding carboxylic acids is 1. The minimum absolute atomic E-state index is 0.157. The molecule has 0 saturated carbocycles. The summed E-state index contributed by atoms with van der Waals surface area (Å²) in [6.45, 7) is 2.96. The second-order valence-electron chi connectivity index (χ2n) is 6.75. The highest BCUT2D eigenvalue weighted by atomic mass is 32.2. The number of likely N-dealkylation sites (tertiary alicyclic amines) is 1. The average molecular weight is 366 g/mol. The summed E-state index contributed by atoms with van der Waals surface area (Å²) in [4.78, 5) is 22.9. The van der Waals surface area contributed by atoms with Gasteiger partial charge in [0.15, 0.2) is 0 Å². The van der Waals surface area contributed by atoms with Crippen molar-refractivity contribution in [3.8, 4) is 0 Å². The fourth-order valence-electron chi connectivity index (χ4n) is 3.61. The number of thioether (sulfide) groups is 1. The van der Waals surface area contributed by atoms with Gasteiger partial charge in [-0.25, -0.2) is 4.98 Å². The van der Waals surface area contributed by atoms with Gasteiger partial charge < -0.3 is 9.88 Å². The van der Waals surface area contributed by atoms with Crippen LogP contribution in [0.4, 0.5) is 0 Å². The van der Waals surface area contributed by atoms with Crippen LogP contribution in [0.3, 0.4) is 0 Å². The number of imidazole rings is 1. The molecule has 1 saturated heterocycles. The number of amides is 1. The van der Waals surface area contributed by atoms with Gasteiger partial charge in [-0.15, -0.1) is 11.8 Å². The first-order valence-electron chi connectivity index (χ1n) is 9.13. The van der Waals surface area contributed by atoms with E-state index < -0.39 is 0 Å². The molecule has 1 amide bonds. The Morgan fingerprint density at radius 2 is 2.00 bits per heavy atom. The number of rotatable bonds is 5. The van der Waals surface area contributed by atoms with Crippen LogP contribution >= 0.6 is 11.8 Å². The fourth-order valence-corrected chi connectivity index (χ4v) is 4.44. The number of para-hydroxylation sites is 2. The van der Waals surface area contributed by atoms with E-state index in [0.29, 0.717) is 5.75 Å². The van der Waals surface area contributed by atoms with Crippen LogP contribution in [0.15, 0.2) is 54.6 Å². The van der Waals surface area contributed by atoms with Gasteiger partial charge in [0, 0.05) is 6.54 Å². The van der Waals surface area contributed by atoms with E-state index in [4.69, 9.17) is 0 Å². The van der Waals surface area contributed by atoms with E-state index in [1.54, 1.807) is 11.8 Å². The molecule has 1 aliphatic heterocycles. The molecular formula is C21H23N3OS. The topological polar surface area (TPSA) is 49.0 Å². The predicted molar refractivity (Wildman–Crippen MR) is 107 cm³/mol. The van der Waals surface area contributed by atoms with Gasteiger partial charge in [0.25, 0.3) is 0 Å². The van der Waals surface area contributed by atoms with Gasteiger partial charge in [-0.3, -0.25) is 4.79 Å². The zero-order valence-corrected chi connectivity index (χ0v) is 15.7. The smallest absolute Gasteiger partial charge is 0.233 e. The average Bonchev–Trinajstić information content (AvgIpc) is 3.33. The third-order valence-electron chi connectivity index (χ3n) is 5.01. The van der Waals surface area contributed by atoms with Crippen molar-refractivity contribution in [1.82, 2.24) is 14.9 Å². The SMILES string of the molecule is CC(SCC(=O)N1CCCC1c1ccccc1)c1nc2ccccc2[nH]1. The van der Waals surface area contributed by atoms with Crippen molar-refractivity contribution in [2.75, 3.05) is 12.3 Å². The molecule has 2 unspecified atom stereocenters. The van der Waals surface area contributed by atoms with Crippen molar-refractivity contribution in [2.24, 2.45) is 0 Å². The highest BCUT2D eigenvalue weighted by Gasteiger charge is 2.30. The summed E-state index contributed by atoms with van der Waals surface area (Å²) in [6, 6.07) is 18.6. The Bertz CT molecular complexity index is 859. The molecule has 3 aromatic rings. The summed E-state index contributed by atoms with van der Waals surface area (Å²) in [7, 11) is 0. The number of aromatic amines is 1. The minimum Gasteiger partial charge on any atom is -0.341 e.